The molecule has 0 aromatic heterocycles. The molecule has 0 saturated heterocycles. The van der Waals surface area contributed by atoms with Crippen LogP contribution in [0.4, 0.5) is 11.4 Å². The fourth-order valence-electron chi connectivity index (χ4n) is 1.39. The maximum Gasteiger partial charge on any atom is 0.0576 e. The topological polar surface area (TPSA) is 38.0 Å². The van der Waals surface area contributed by atoms with Crippen LogP contribution < -0.4 is 11.1 Å². The van der Waals surface area contributed by atoms with Crippen molar-refractivity contribution in [1.29, 1.82) is 0 Å². The van der Waals surface area contributed by atoms with E-state index < -0.39 is 0 Å². The van der Waals surface area contributed by atoms with Crippen LogP contribution in [0.3, 0.4) is 0 Å². The predicted molar refractivity (Wildman–Crippen MR) is 63.5 cm³/mol. The van der Waals surface area contributed by atoms with E-state index in [1.54, 1.807) is 0 Å². The van der Waals surface area contributed by atoms with Crippen molar-refractivity contribution in [2.75, 3.05) is 11.1 Å². The zero-order valence-corrected chi connectivity index (χ0v) is 8.88. The minimum Gasteiger partial charge on any atom is -0.397 e. The summed E-state index contributed by atoms with van der Waals surface area (Å²) in [4.78, 5) is 0. The van der Waals surface area contributed by atoms with E-state index in [2.05, 4.69) is 24.9 Å². The quantitative estimate of drug-likeness (QED) is 0.566. The van der Waals surface area contributed by atoms with Gasteiger partial charge in [-0.1, -0.05) is 12.1 Å². The second-order valence-corrected chi connectivity index (χ2v) is 3.66. The first-order chi connectivity index (χ1) is 6.63. The van der Waals surface area contributed by atoms with Crippen molar-refractivity contribution < 1.29 is 0 Å². The molecule has 2 nitrogen and oxygen atoms in total. The summed E-state index contributed by atoms with van der Waals surface area (Å²) in [6, 6.07) is 6.42. The van der Waals surface area contributed by atoms with Crippen LogP contribution in [0.25, 0.3) is 0 Å². The largest absolute Gasteiger partial charge is 0.397 e. The van der Waals surface area contributed by atoms with E-state index >= 15 is 0 Å². The first-order valence-corrected chi connectivity index (χ1v) is 4.87. The molecule has 3 N–H and O–H groups in total. The SMILES string of the molecule is C=CCC(C)Nc1ccc(C)cc1N. The van der Waals surface area contributed by atoms with Gasteiger partial charge in [0, 0.05) is 6.04 Å². The highest BCUT2D eigenvalue weighted by Crippen LogP contribution is 2.20. The van der Waals surface area contributed by atoms with Gasteiger partial charge in [-0.2, -0.15) is 0 Å². The average molecular weight is 190 g/mol. The van der Waals surface area contributed by atoms with E-state index in [4.69, 9.17) is 5.73 Å². The summed E-state index contributed by atoms with van der Waals surface area (Å²) in [5.41, 5.74) is 8.87. The van der Waals surface area contributed by atoms with Gasteiger partial charge in [0.1, 0.15) is 0 Å². The third-order valence-corrected chi connectivity index (χ3v) is 2.13. The fourth-order valence-corrected chi connectivity index (χ4v) is 1.39. The van der Waals surface area contributed by atoms with Crippen molar-refractivity contribution in [3.05, 3.63) is 36.4 Å². The molecule has 1 aromatic rings. The molecule has 1 aromatic carbocycles. The summed E-state index contributed by atoms with van der Waals surface area (Å²) in [7, 11) is 0. The van der Waals surface area contributed by atoms with Crippen molar-refractivity contribution >= 4 is 11.4 Å². The third kappa shape index (κ3) is 2.80. The first-order valence-electron chi connectivity index (χ1n) is 4.87. The Hall–Kier alpha value is -1.44. The van der Waals surface area contributed by atoms with E-state index in [9.17, 15) is 0 Å². The Balaban J connectivity index is 2.71. The molecule has 0 heterocycles. The zero-order valence-electron chi connectivity index (χ0n) is 8.88. The molecule has 0 radical (unpaired) electrons. The summed E-state index contributed by atoms with van der Waals surface area (Å²) in [5, 5.41) is 3.34. The smallest absolute Gasteiger partial charge is 0.0576 e. The lowest BCUT2D eigenvalue weighted by molar-refractivity contribution is 0.814. The maximum atomic E-state index is 5.88. The molecule has 2 heteroatoms. The monoisotopic (exact) mass is 190 g/mol. The van der Waals surface area contributed by atoms with Crippen molar-refractivity contribution in [3.63, 3.8) is 0 Å². The molecule has 0 aliphatic carbocycles. The molecular formula is C12H18N2. The van der Waals surface area contributed by atoms with Gasteiger partial charge < -0.3 is 11.1 Å². The molecular weight excluding hydrogens is 172 g/mol. The summed E-state index contributed by atoms with van der Waals surface area (Å²) in [5.74, 6) is 0. The number of nitrogens with one attached hydrogen (secondary N) is 1. The van der Waals surface area contributed by atoms with Crippen LogP contribution in [0.5, 0.6) is 0 Å². The Bertz CT molecular complexity index is 318. The molecule has 1 atom stereocenters. The Morgan fingerprint density at radius 1 is 1.57 bits per heavy atom. The Morgan fingerprint density at radius 2 is 2.29 bits per heavy atom. The second-order valence-electron chi connectivity index (χ2n) is 3.66. The minimum atomic E-state index is 0.373. The Kier molecular flexibility index (Phi) is 3.57. The Labute approximate surface area is 85.8 Å². The van der Waals surface area contributed by atoms with E-state index in [-0.39, 0.29) is 0 Å². The van der Waals surface area contributed by atoms with Crippen molar-refractivity contribution in [3.8, 4) is 0 Å². The van der Waals surface area contributed by atoms with Gasteiger partial charge in [0.05, 0.1) is 11.4 Å². The number of anilines is 2. The van der Waals surface area contributed by atoms with Gasteiger partial charge in [-0.3, -0.25) is 0 Å². The van der Waals surface area contributed by atoms with Crippen LogP contribution in [0.15, 0.2) is 30.9 Å². The maximum absolute atomic E-state index is 5.88. The van der Waals surface area contributed by atoms with Crippen molar-refractivity contribution in [2.24, 2.45) is 0 Å². The lowest BCUT2D eigenvalue weighted by Gasteiger charge is -2.15. The zero-order chi connectivity index (χ0) is 10.6. The van der Waals surface area contributed by atoms with E-state index in [1.165, 1.54) is 5.56 Å². The van der Waals surface area contributed by atoms with Crippen LogP contribution >= 0.6 is 0 Å². The molecule has 0 fully saturated rings. The highest BCUT2D eigenvalue weighted by atomic mass is 14.9. The number of hydrogen-bond donors (Lipinski definition) is 2. The number of nitrogen functional groups attached to an aromatic ring is 1. The lowest BCUT2D eigenvalue weighted by Crippen LogP contribution is -2.14. The normalized spacial score (nSPS) is 12.1. The molecule has 0 bridgehead atoms. The second kappa shape index (κ2) is 4.70. The number of nitrogens with two attached hydrogens (primary N) is 1. The molecule has 0 aliphatic heterocycles. The highest BCUT2D eigenvalue weighted by molar-refractivity contribution is 5.67. The fraction of sp³-hybridized carbons (Fsp3) is 0.333. The molecule has 1 rings (SSSR count). The van der Waals surface area contributed by atoms with Gasteiger partial charge in [-0.25, -0.2) is 0 Å². The molecule has 0 saturated carbocycles. The summed E-state index contributed by atoms with van der Waals surface area (Å²) in [6.45, 7) is 7.85. The van der Waals surface area contributed by atoms with Gasteiger partial charge in [0.25, 0.3) is 0 Å². The van der Waals surface area contributed by atoms with Gasteiger partial charge in [0.15, 0.2) is 0 Å². The molecule has 76 valence electrons. The number of hydrogen-bond acceptors (Lipinski definition) is 2. The first kappa shape index (κ1) is 10.6. The van der Waals surface area contributed by atoms with Crippen LogP contribution in [0.2, 0.25) is 0 Å². The van der Waals surface area contributed by atoms with Gasteiger partial charge in [0.2, 0.25) is 0 Å². The average Bonchev–Trinajstić information content (AvgIpc) is 2.10. The molecule has 0 amide bonds. The van der Waals surface area contributed by atoms with Crippen LogP contribution in [-0.4, -0.2) is 6.04 Å². The molecule has 14 heavy (non-hydrogen) atoms. The standard InChI is InChI=1S/C12H18N2/c1-4-5-10(3)14-12-7-6-9(2)8-11(12)13/h4,6-8,10,14H,1,5,13H2,2-3H3. The van der Waals surface area contributed by atoms with Crippen molar-refractivity contribution in [1.82, 2.24) is 0 Å². The summed E-state index contributed by atoms with van der Waals surface area (Å²) >= 11 is 0. The predicted octanol–water partition coefficient (Wildman–Crippen LogP) is 2.95. The van der Waals surface area contributed by atoms with E-state index in [0.29, 0.717) is 6.04 Å². The molecule has 1 unspecified atom stereocenters. The van der Waals surface area contributed by atoms with Gasteiger partial charge in [-0.05, 0) is 38.0 Å². The lowest BCUT2D eigenvalue weighted by atomic mass is 10.1. The van der Waals surface area contributed by atoms with Crippen LogP contribution in [0, 0.1) is 6.92 Å². The molecule has 0 spiro atoms. The van der Waals surface area contributed by atoms with Crippen LogP contribution in [0.1, 0.15) is 18.9 Å². The Morgan fingerprint density at radius 3 is 2.86 bits per heavy atom. The van der Waals surface area contributed by atoms with Crippen LogP contribution in [-0.2, 0) is 0 Å². The van der Waals surface area contributed by atoms with Gasteiger partial charge >= 0.3 is 0 Å². The number of aryl methyl sites for hydroxylation is 1. The number of benzene rings is 1. The third-order valence-electron chi connectivity index (χ3n) is 2.13. The molecule has 0 aliphatic rings. The highest BCUT2D eigenvalue weighted by Gasteiger charge is 2.02. The van der Waals surface area contributed by atoms with Crippen molar-refractivity contribution in [2.45, 2.75) is 26.3 Å². The number of rotatable bonds is 4. The van der Waals surface area contributed by atoms with Gasteiger partial charge in [-0.15, -0.1) is 6.58 Å². The minimum absolute atomic E-state index is 0.373. The van der Waals surface area contributed by atoms with E-state index in [0.717, 1.165) is 17.8 Å². The summed E-state index contributed by atoms with van der Waals surface area (Å²) in [6.07, 6.45) is 2.84. The summed E-state index contributed by atoms with van der Waals surface area (Å²) < 4.78 is 0. The van der Waals surface area contributed by atoms with E-state index in [1.807, 2.05) is 25.1 Å².